The van der Waals surface area contributed by atoms with E-state index in [1.807, 2.05) is 0 Å². The van der Waals surface area contributed by atoms with Crippen molar-refractivity contribution >= 4 is 11.8 Å². The number of amides is 2. The summed E-state index contributed by atoms with van der Waals surface area (Å²) in [5, 5.41) is 4.07. The zero-order valence-electron chi connectivity index (χ0n) is 8.02. The third-order valence-electron chi connectivity index (χ3n) is 1.92. The van der Waals surface area contributed by atoms with Gasteiger partial charge in [0.1, 0.15) is 6.04 Å². The zero-order valence-corrected chi connectivity index (χ0v) is 8.02. The van der Waals surface area contributed by atoms with Crippen LogP contribution in [0.2, 0.25) is 0 Å². The number of carbonyl (C=O) groups excluding carboxylic acids is 2. The van der Waals surface area contributed by atoms with E-state index in [1.54, 1.807) is 5.32 Å². The van der Waals surface area contributed by atoms with Crippen LogP contribution in [-0.2, 0) is 9.59 Å². The summed E-state index contributed by atoms with van der Waals surface area (Å²) >= 11 is 0. The Morgan fingerprint density at radius 3 is 2.27 bits per heavy atom. The first kappa shape index (κ1) is 11.8. The molecule has 1 unspecified atom stereocenters. The Bertz CT molecular complexity index is 274. The summed E-state index contributed by atoms with van der Waals surface area (Å²) in [4.78, 5) is 21.6. The molecular formula is C8H11F3N2O2. The SMILES string of the molecule is CC(NC(=O)C(F)(F)F)C(=O)NC1CC1. The van der Waals surface area contributed by atoms with Gasteiger partial charge < -0.3 is 10.6 Å². The molecular weight excluding hydrogens is 213 g/mol. The molecule has 2 N–H and O–H groups in total. The second-order valence-corrected chi connectivity index (χ2v) is 3.48. The smallest absolute Gasteiger partial charge is 0.352 e. The zero-order chi connectivity index (χ0) is 11.6. The van der Waals surface area contributed by atoms with Crippen LogP contribution in [0, 0.1) is 0 Å². The van der Waals surface area contributed by atoms with E-state index < -0.39 is 24.0 Å². The second-order valence-electron chi connectivity index (χ2n) is 3.48. The molecule has 86 valence electrons. The highest BCUT2D eigenvalue weighted by Gasteiger charge is 2.40. The normalized spacial score (nSPS) is 18.1. The van der Waals surface area contributed by atoms with Crippen molar-refractivity contribution < 1.29 is 22.8 Å². The largest absolute Gasteiger partial charge is 0.471 e. The standard InChI is InChI=1S/C8H11F3N2O2/c1-4(6(14)13-5-2-3-5)12-7(15)8(9,10)11/h4-5H,2-3H2,1H3,(H,12,15)(H,13,14). The third-order valence-corrected chi connectivity index (χ3v) is 1.92. The molecule has 0 spiro atoms. The van der Waals surface area contributed by atoms with Crippen molar-refractivity contribution in [3.8, 4) is 0 Å². The van der Waals surface area contributed by atoms with Gasteiger partial charge in [0, 0.05) is 6.04 Å². The van der Waals surface area contributed by atoms with Gasteiger partial charge in [-0.25, -0.2) is 0 Å². The number of rotatable bonds is 3. The summed E-state index contributed by atoms with van der Waals surface area (Å²) in [6.07, 6.45) is -3.27. The quantitative estimate of drug-likeness (QED) is 0.725. The van der Waals surface area contributed by atoms with Gasteiger partial charge in [-0.3, -0.25) is 9.59 Å². The fourth-order valence-corrected chi connectivity index (χ4v) is 0.898. The van der Waals surface area contributed by atoms with Gasteiger partial charge in [-0.2, -0.15) is 13.2 Å². The monoisotopic (exact) mass is 224 g/mol. The summed E-state index contributed by atoms with van der Waals surface area (Å²) in [5.74, 6) is -2.68. The molecule has 0 aromatic heterocycles. The number of hydrogen-bond acceptors (Lipinski definition) is 2. The average molecular weight is 224 g/mol. The first-order valence-corrected chi connectivity index (χ1v) is 4.49. The van der Waals surface area contributed by atoms with Crippen LogP contribution in [0.15, 0.2) is 0 Å². The molecule has 0 radical (unpaired) electrons. The van der Waals surface area contributed by atoms with Crippen molar-refractivity contribution in [1.29, 1.82) is 0 Å². The molecule has 0 heterocycles. The Hall–Kier alpha value is -1.27. The van der Waals surface area contributed by atoms with Gasteiger partial charge in [-0.05, 0) is 19.8 Å². The molecule has 0 aromatic rings. The van der Waals surface area contributed by atoms with Crippen LogP contribution >= 0.6 is 0 Å². The highest BCUT2D eigenvalue weighted by molar-refractivity contribution is 5.89. The van der Waals surface area contributed by atoms with E-state index in [-0.39, 0.29) is 6.04 Å². The third kappa shape index (κ3) is 3.77. The van der Waals surface area contributed by atoms with Gasteiger partial charge >= 0.3 is 12.1 Å². The maximum atomic E-state index is 11.8. The lowest BCUT2D eigenvalue weighted by molar-refractivity contribution is -0.174. The van der Waals surface area contributed by atoms with Crippen LogP contribution in [0.5, 0.6) is 0 Å². The van der Waals surface area contributed by atoms with Gasteiger partial charge in [0.15, 0.2) is 0 Å². The molecule has 1 aliphatic carbocycles. The summed E-state index contributed by atoms with van der Waals surface area (Å²) in [6.45, 7) is 1.21. The van der Waals surface area contributed by atoms with Crippen LogP contribution in [0.3, 0.4) is 0 Å². The van der Waals surface area contributed by atoms with Crippen LogP contribution in [0.4, 0.5) is 13.2 Å². The minimum atomic E-state index is -4.95. The predicted molar refractivity (Wildman–Crippen MR) is 44.8 cm³/mol. The van der Waals surface area contributed by atoms with E-state index in [2.05, 4.69) is 5.32 Å². The lowest BCUT2D eigenvalue weighted by atomic mass is 10.3. The van der Waals surface area contributed by atoms with Crippen LogP contribution in [0.1, 0.15) is 19.8 Å². The Morgan fingerprint density at radius 2 is 1.87 bits per heavy atom. The van der Waals surface area contributed by atoms with Gasteiger partial charge in [0.2, 0.25) is 5.91 Å². The van der Waals surface area contributed by atoms with Crippen molar-refractivity contribution in [2.75, 3.05) is 0 Å². The molecule has 1 atom stereocenters. The van der Waals surface area contributed by atoms with Crippen LogP contribution < -0.4 is 10.6 Å². The number of alkyl halides is 3. The first-order chi connectivity index (χ1) is 6.80. The fraction of sp³-hybridized carbons (Fsp3) is 0.750. The number of halogens is 3. The minimum Gasteiger partial charge on any atom is -0.352 e. The molecule has 7 heteroatoms. The van der Waals surface area contributed by atoms with E-state index in [0.717, 1.165) is 12.8 Å². The van der Waals surface area contributed by atoms with E-state index in [1.165, 1.54) is 6.92 Å². The van der Waals surface area contributed by atoms with E-state index in [4.69, 9.17) is 0 Å². The van der Waals surface area contributed by atoms with Gasteiger partial charge in [-0.15, -0.1) is 0 Å². The van der Waals surface area contributed by atoms with Crippen LogP contribution in [-0.4, -0.2) is 30.1 Å². The summed E-state index contributed by atoms with van der Waals surface area (Å²) in [6, 6.07) is -1.11. The Labute approximate surface area is 84.2 Å². The maximum absolute atomic E-state index is 11.8. The van der Waals surface area contributed by atoms with Crippen molar-refractivity contribution in [3.63, 3.8) is 0 Å². The van der Waals surface area contributed by atoms with E-state index in [9.17, 15) is 22.8 Å². The molecule has 0 bridgehead atoms. The van der Waals surface area contributed by atoms with Crippen molar-refractivity contribution in [2.45, 2.75) is 38.0 Å². The predicted octanol–water partition coefficient (Wildman–Crippen LogP) is 0.332. The van der Waals surface area contributed by atoms with Crippen molar-refractivity contribution in [3.05, 3.63) is 0 Å². The topological polar surface area (TPSA) is 58.2 Å². The van der Waals surface area contributed by atoms with E-state index >= 15 is 0 Å². The molecule has 1 rings (SSSR count). The number of nitrogens with one attached hydrogen (secondary N) is 2. The fourth-order valence-electron chi connectivity index (χ4n) is 0.898. The molecule has 1 fully saturated rings. The second kappa shape index (κ2) is 4.08. The minimum absolute atomic E-state index is 0.0581. The van der Waals surface area contributed by atoms with E-state index in [0.29, 0.717) is 0 Å². The Morgan fingerprint density at radius 1 is 1.33 bits per heavy atom. The Kier molecular flexibility index (Phi) is 3.21. The molecule has 4 nitrogen and oxygen atoms in total. The lowest BCUT2D eigenvalue weighted by Crippen LogP contribution is -2.49. The van der Waals surface area contributed by atoms with Crippen molar-refractivity contribution in [1.82, 2.24) is 10.6 Å². The molecule has 1 aliphatic rings. The molecule has 15 heavy (non-hydrogen) atoms. The average Bonchev–Trinajstić information content (AvgIpc) is 2.86. The van der Waals surface area contributed by atoms with Gasteiger partial charge in [0.25, 0.3) is 0 Å². The highest BCUT2D eigenvalue weighted by atomic mass is 19.4. The maximum Gasteiger partial charge on any atom is 0.471 e. The number of carbonyl (C=O) groups is 2. The first-order valence-electron chi connectivity index (χ1n) is 4.49. The Balaban J connectivity index is 2.36. The van der Waals surface area contributed by atoms with Gasteiger partial charge in [-0.1, -0.05) is 0 Å². The summed E-state index contributed by atoms with van der Waals surface area (Å²) in [5.41, 5.74) is 0. The summed E-state index contributed by atoms with van der Waals surface area (Å²) in [7, 11) is 0. The van der Waals surface area contributed by atoms with Gasteiger partial charge in [0.05, 0.1) is 0 Å². The highest BCUT2D eigenvalue weighted by Crippen LogP contribution is 2.19. The molecule has 1 saturated carbocycles. The molecule has 2 amide bonds. The number of hydrogen-bond donors (Lipinski definition) is 2. The molecule has 0 aliphatic heterocycles. The molecule has 0 saturated heterocycles. The van der Waals surface area contributed by atoms with Crippen molar-refractivity contribution in [2.24, 2.45) is 0 Å². The molecule has 0 aromatic carbocycles. The van der Waals surface area contributed by atoms with Crippen LogP contribution in [0.25, 0.3) is 0 Å². The lowest BCUT2D eigenvalue weighted by Gasteiger charge is -2.14. The summed E-state index contributed by atoms with van der Waals surface area (Å²) < 4.78 is 35.4.